The van der Waals surface area contributed by atoms with E-state index in [-0.39, 0.29) is 49.2 Å². The molecule has 0 fully saturated rings. The number of phenols is 1. The SMILES string of the molecule is CC(=O)C[C@@H](C=O)NC(=O)CN1C(=O)C(NC(=O)c2cc(Cl)c(OC(=O)c3cc(Cl)c(O)c(Cl)c3)c(Cl)c2)N=C(c2ccccc2)c2ccccc21. The monoisotopic (exact) mass is 782 g/mol. The molecule has 0 aliphatic carbocycles. The van der Waals surface area contributed by atoms with Crippen molar-refractivity contribution in [3.8, 4) is 11.5 Å². The average molecular weight is 784 g/mol. The molecule has 266 valence electrons. The predicted octanol–water partition coefficient (Wildman–Crippen LogP) is 5.83. The molecule has 4 aromatic carbocycles. The molecule has 0 spiro atoms. The zero-order valence-corrected chi connectivity index (χ0v) is 29.9. The number of Topliss-reactive ketones (excluding diaryl/α,β-unsaturated/α-hetero) is 1. The van der Waals surface area contributed by atoms with Crippen molar-refractivity contribution in [3.63, 3.8) is 0 Å². The summed E-state index contributed by atoms with van der Waals surface area (Å²) in [6.07, 6.45) is -1.40. The number of rotatable bonds is 11. The van der Waals surface area contributed by atoms with Crippen molar-refractivity contribution in [1.82, 2.24) is 10.6 Å². The number of benzene rings is 4. The van der Waals surface area contributed by atoms with E-state index in [1.54, 1.807) is 54.6 Å². The summed E-state index contributed by atoms with van der Waals surface area (Å²) >= 11 is 24.6. The van der Waals surface area contributed by atoms with Crippen molar-refractivity contribution in [3.05, 3.63) is 121 Å². The summed E-state index contributed by atoms with van der Waals surface area (Å²) in [7, 11) is 0. The second-order valence-electron chi connectivity index (χ2n) is 11.3. The molecular weight excluding hydrogens is 758 g/mol. The van der Waals surface area contributed by atoms with E-state index in [0.29, 0.717) is 28.8 Å². The fourth-order valence-electron chi connectivity index (χ4n) is 5.18. The third-order valence-corrected chi connectivity index (χ3v) is 8.69. The first kappa shape index (κ1) is 38.0. The number of anilines is 1. The van der Waals surface area contributed by atoms with Crippen LogP contribution in [0.4, 0.5) is 5.69 Å². The van der Waals surface area contributed by atoms with Crippen LogP contribution in [-0.2, 0) is 19.2 Å². The summed E-state index contributed by atoms with van der Waals surface area (Å²) in [4.78, 5) is 82.8. The van der Waals surface area contributed by atoms with Crippen LogP contribution < -0.4 is 20.3 Å². The molecule has 5 rings (SSSR count). The maximum atomic E-state index is 14.2. The molecule has 1 heterocycles. The van der Waals surface area contributed by atoms with Crippen LogP contribution in [0.25, 0.3) is 0 Å². The molecular formula is C36H26Cl4N4O8. The number of hydrogen-bond acceptors (Lipinski definition) is 9. The number of nitrogens with zero attached hydrogens (tertiary/aromatic N) is 2. The Morgan fingerprint density at radius 3 is 2.12 bits per heavy atom. The molecule has 0 aromatic heterocycles. The quantitative estimate of drug-likeness (QED) is 0.0970. The highest BCUT2D eigenvalue weighted by molar-refractivity contribution is 6.39. The highest BCUT2D eigenvalue weighted by Crippen LogP contribution is 2.37. The van der Waals surface area contributed by atoms with Crippen molar-refractivity contribution < 1.29 is 38.6 Å². The lowest BCUT2D eigenvalue weighted by molar-refractivity contribution is -0.126. The Kier molecular flexibility index (Phi) is 12.0. The van der Waals surface area contributed by atoms with Gasteiger partial charge in [0.25, 0.3) is 11.8 Å². The zero-order valence-electron chi connectivity index (χ0n) is 26.9. The second-order valence-corrected chi connectivity index (χ2v) is 13.0. The van der Waals surface area contributed by atoms with E-state index in [2.05, 4.69) is 15.6 Å². The topological polar surface area (TPSA) is 172 Å². The third kappa shape index (κ3) is 8.60. The summed E-state index contributed by atoms with van der Waals surface area (Å²) in [6, 6.07) is 19.0. The second kappa shape index (κ2) is 16.4. The summed E-state index contributed by atoms with van der Waals surface area (Å²) in [5, 5.41) is 13.9. The number of para-hydroxylation sites is 1. The highest BCUT2D eigenvalue weighted by Gasteiger charge is 2.35. The van der Waals surface area contributed by atoms with Gasteiger partial charge in [0.1, 0.15) is 18.6 Å². The Hall–Kier alpha value is -5.27. The predicted molar refractivity (Wildman–Crippen MR) is 195 cm³/mol. The number of aromatic hydroxyl groups is 1. The van der Waals surface area contributed by atoms with Gasteiger partial charge >= 0.3 is 5.97 Å². The average Bonchev–Trinajstić information content (AvgIpc) is 3.22. The standard InChI is InChI=1S/C36H26Cl4N4O8/c1-18(46)11-22(17-45)41-29(47)16-44-28-10-6-5-9-23(28)30(19-7-3-2-4-8-19)42-33(35(44)50)43-34(49)20-12-26(39)32(27(40)13-20)52-36(51)21-14-24(37)31(48)25(38)15-21/h2-10,12-15,17,22,33,48H,11,16H2,1H3,(H,41,47)(H,43,49)/t22-,33?/m0/s1. The number of benzodiazepines with no additional fused rings is 1. The van der Waals surface area contributed by atoms with Crippen LogP contribution in [0.15, 0.2) is 83.9 Å². The van der Waals surface area contributed by atoms with Crippen molar-refractivity contribution in [2.75, 3.05) is 11.4 Å². The Morgan fingerprint density at radius 2 is 1.50 bits per heavy atom. The molecule has 16 heteroatoms. The van der Waals surface area contributed by atoms with Crippen LogP contribution in [0, 0.1) is 0 Å². The van der Waals surface area contributed by atoms with Gasteiger partial charge in [-0.15, -0.1) is 0 Å². The van der Waals surface area contributed by atoms with E-state index < -0.39 is 48.2 Å². The van der Waals surface area contributed by atoms with Crippen LogP contribution in [-0.4, -0.2) is 65.3 Å². The number of amides is 3. The van der Waals surface area contributed by atoms with Gasteiger partial charge in [-0.1, -0.05) is 94.9 Å². The minimum atomic E-state index is -1.60. The fraction of sp³-hybridized carbons (Fsp3) is 0.139. The van der Waals surface area contributed by atoms with Crippen molar-refractivity contribution in [2.24, 2.45) is 4.99 Å². The van der Waals surface area contributed by atoms with Crippen molar-refractivity contribution >= 4 is 93.6 Å². The fourth-order valence-corrected chi connectivity index (χ4v) is 6.23. The number of phenolic OH excluding ortho intramolecular Hbond substituents is 1. The first-order chi connectivity index (χ1) is 24.8. The number of esters is 1. The zero-order chi connectivity index (χ0) is 37.7. The van der Waals surface area contributed by atoms with Crippen LogP contribution in [0.1, 0.15) is 45.2 Å². The van der Waals surface area contributed by atoms with Gasteiger partial charge < -0.3 is 25.3 Å². The van der Waals surface area contributed by atoms with E-state index in [9.17, 15) is 33.9 Å². The normalized spacial score (nSPS) is 14.3. The smallest absolute Gasteiger partial charge is 0.343 e. The lowest BCUT2D eigenvalue weighted by atomic mass is 10.0. The van der Waals surface area contributed by atoms with Gasteiger partial charge in [-0.25, -0.2) is 9.79 Å². The molecule has 3 amide bonds. The Bertz CT molecular complexity index is 2100. The third-order valence-electron chi connectivity index (χ3n) is 7.55. The number of aliphatic imine (C=N–C) groups is 1. The van der Waals surface area contributed by atoms with Gasteiger partial charge in [-0.05, 0) is 37.3 Å². The molecule has 12 nitrogen and oxygen atoms in total. The minimum absolute atomic E-state index is 0.125. The van der Waals surface area contributed by atoms with Gasteiger partial charge in [0.05, 0.1) is 43.1 Å². The van der Waals surface area contributed by atoms with Gasteiger partial charge in [0, 0.05) is 23.1 Å². The molecule has 0 saturated heterocycles. The minimum Gasteiger partial charge on any atom is -0.505 e. The van der Waals surface area contributed by atoms with E-state index in [1.165, 1.54) is 6.92 Å². The molecule has 1 aliphatic rings. The number of carbonyl (C=O) groups excluding carboxylic acids is 6. The van der Waals surface area contributed by atoms with Gasteiger partial charge in [-0.2, -0.15) is 0 Å². The first-order valence-corrected chi connectivity index (χ1v) is 16.8. The van der Waals surface area contributed by atoms with Crippen molar-refractivity contribution in [1.29, 1.82) is 0 Å². The lowest BCUT2D eigenvalue weighted by Gasteiger charge is -2.25. The molecule has 1 unspecified atom stereocenters. The molecule has 0 bridgehead atoms. The Labute approximate surface area is 316 Å². The van der Waals surface area contributed by atoms with Crippen LogP contribution >= 0.6 is 46.4 Å². The maximum Gasteiger partial charge on any atom is 0.343 e. The van der Waals surface area contributed by atoms with Gasteiger partial charge in [-0.3, -0.25) is 24.1 Å². The number of halogens is 4. The summed E-state index contributed by atoms with van der Waals surface area (Å²) < 4.78 is 5.34. The van der Waals surface area contributed by atoms with Crippen LogP contribution in [0.5, 0.6) is 11.5 Å². The van der Waals surface area contributed by atoms with E-state index in [1.807, 2.05) is 0 Å². The molecule has 4 aromatic rings. The summed E-state index contributed by atoms with van der Waals surface area (Å²) in [5.74, 6) is -4.42. The number of carbonyl (C=O) groups is 6. The molecule has 0 saturated carbocycles. The van der Waals surface area contributed by atoms with Gasteiger partial charge in [0.15, 0.2) is 11.5 Å². The molecule has 0 radical (unpaired) electrons. The Morgan fingerprint density at radius 1 is 0.904 bits per heavy atom. The highest BCUT2D eigenvalue weighted by atomic mass is 35.5. The lowest BCUT2D eigenvalue weighted by Crippen LogP contribution is -2.51. The number of aldehydes is 1. The maximum absolute atomic E-state index is 14.2. The van der Waals surface area contributed by atoms with E-state index >= 15 is 0 Å². The number of fused-ring (bicyclic) bond motifs is 1. The molecule has 3 N–H and O–H groups in total. The number of hydrogen-bond donors (Lipinski definition) is 3. The Balaban J connectivity index is 1.46. The van der Waals surface area contributed by atoms with Crippen LogP contribution in [0.3, 0.4) is 0 Å². The number of ketones is 1. The van der Waals surface area contributed by atoms with Crippen LogP contribution in [0.2, 0.25) is 20.1 Å². The largest absolute Gasteiger partial charge is 0.505 e. The van der Waals surface area contributed by atoms with E-state index in [4.69, 9.17) is 51.1 Å². The summed E-state index contributed by atoms with van der Waals surface area (Å²) in [5.41, 5.74) is 1.43. The van der Waals surface area contributed by atoms with E-state index in [0.717, 1.165) is 29.2 Å². The summed E-state index contributed by atoms with van der Waals surface area (Å²) in [6.45, 7) is 0.690. The van der Waals surface area contributed by atoms with Gasteiger partial charge in [0.2, 0.25) is 12.1 Å². The van der Waals surface area contributed by atoms with Crippen molar-refractivity contribution in [2.45, 2.75) is 25.6 Å². The first-order valence-electron chi connectivity index (χ1n) is 15.3. The number of ether oxygens (including phenoxy) is 1. The molecule has 1 aliphatic heterocycles. The molecule has 52 heavy (non-hydrogen) atoms. The molecule has 2 atom stereocenters. The number of nitrogens with one attached hydrogen (secondary N) is 2.